The second-order valence-electron chi connectivity index (χ2n) is 6.81. The molecule has 3 aromatic rings. The Kier molecular flexibility index (Phi) is 5.71. The summed E-state index contributed by atoms with van der Waals surface area (Å²) in [4.78, 5) is 36.4. The smallest absolute Gasteiger partial charge is 0.404 e. The zero-order chi connectivity index (χ0) is 22.0. The number of hydrogen-bond donors (Lipinski definition) is 2. The maximum atomic E-state index is 13.3. The fourth-order valence-electron chi connectivity index (χ4n) is 3.22. The zero-order valence-electron chi connectivity index (χ0n) is 16.9. The molecule has 2 amide bonds. The number of aromatic nitrogens is 5. The van der Waals surface area contributed by atoms with Crippen LogP contribution in [0, 0.1) is 0 Å². The minimum absolute atomic E-state index is 0.0563. The Hall–Kier alpha value is -3.67. The molecule has 4 rings (SSSR count). The molecule has 160 valence electrons. The second-order valence-corrected chi connectivity index (χ2v) is 7.58. The van der Waals surface area contributed by atoms with Crippen LogP contribution >= 0.6 is 11.8 Å². The molecule has 12 heteroatoms. The molecule has 0 aliphatic carbocycles. The highest BCUT2D eigenvalue weighted by Gasteiger charge is 2.28. The molecule has 0 bridgehead atoms. The van der Waals surface area contributed by atoms with Gasteiger partial charge in [-0.15, -0.1) is 5.10 Å². The highest BCUT2D eigenvalue weighted by atomic mass is 32.2. The minimum Gasteiger partial charge on any atom is -0.465 e. The van der Waals surface area contributed by atoms with E-state index in [-0.39, 0.29) is 12.5 Å². The van der Waals surface area contributed by atoms with Crippen molar-refractivity contribution in [1.29, 1.82) is 0 Å². The van der Waals surface area contributed by atoms with E-state index in [1.807, 2.05) is 42.5 Å². The van der Waals surface area contributed by atoms with Crippen LogP contribution < -0.4 is 15.1 Å². The lowest BCUT2D eigenvalue weighted by atomic mass is 10.2. The number of hydrogen-bond acceptors (Lipinski definition) is 8. The van der Waals surface area contributed by atoms with Crippen molar-refractivity contribution < 1.29 is 14.7 Å². The molecular weight excluding hydrogens is 420 g/mol. The number of anilines is 2. The van der Waals surface area contributed by atoms with Gasteiger partial charge in [-0.3, -0.25) is 4.79 Å². The van der Waals surface area contributed by atoms with E-state index in [2.05, 4.69) is 25.6 Å². The molecule has 0 spiro atoms. The van der Waals surface area contributed by atoms with Gasteiger partial charge in [0, 0.05) is 32.0 Å². The first-order valence-corrected chi connectivity index (χ1v) is 10.6. The van der Waals surface area contributed by atoms with E-state index in [4.69, 9.17) is 5.11 Å². The molecule has 1 aliphatic heterocycles. The van der Waals surface area contributed by atoms with Gasteiger partial charge in [0.2, 0.25) is 0 Å². The van der Waals surface area contributed by atoms with Crippen LogP contribution in [0.15, 0.2) is 41.8 Å². The van der Waals surface area contributed by atoms with Crippen LogP contribution in [0.1, 0.15) is 16.1 Å². The lowest BCUT2D eigenvalue weighted by Gasteiger charge is -2.21. The molecule has 0 saturated carbocycles. The molecule has 1 aromatic carbocycles. The molecule has 11 nitrogen and oxygen atoms in total. The Labute approximate surface area is 182 Å². The SMILES string of the molecule is CSc1ncc2c(n1)N(C)CCN(c1cccc(-n3cc(CNC(=O)O)nn3)c1)C2=O. The summed E-state index contributed by atoms with van der Waals surface area (Å²) in [6.45, 7) is 1.15. The molecule has 2 aromatic heterocycles. The average Bonchev–Trinajstić information content (AvgIpc) is 3.22. The topological polar surface area (TPSA) is 129 Å². The summed E-state index contributed by atoms with van der Waals surface area (Å²) in [6, 6.07) is 7.36. The molecule has 0 atom stereocenters. The largest absolute Gasteiger partial charge is 0.465 e. The number of amides is 2. The first kappa shape index (κ1) is 20.6. The van der Waals surface area contributed by atoms with Crippen LogP contribution in [0.2, 0.25) is 0 Å². The predicted octanol–water partition coefficient (Wildman–Crippen LogP) is 1.64. The number of thioether (sulfide) groups is 1. The highest BCUT2D eigenvalue weighted by Crippen LogP contribution is 2.27. The van der Waals surface area contributed by atoms with E-state index in [0.29, 0.717) is 46.7 Å². The molecule has 0 radical (unpaired) electrons. The number of nitrogens with one attached hydrogen (secondary N) is 1. The minimum atomic E-state index is -1.13. The van der Waals surface area contributed by atoms with E-state index in [0.717, 1.165) is 0 Å². The number of carbonyl (C=O) groups excluding carboxylic acids is 1. The Morgan fingerprint density at radius 1 is 1.29 bits per heavy atom. The Morgan fingerprint density at radius 2 is 2.10 bits per heavy atom. The normalized spacial score (nSPS) is 13.7. The number of likely N-dealkylation sites (N-methyl/N-ethyl adjacent to an activating group) is 1. The van der Waals surface area contributed by atoms with E-state index in [1.54, 1.807) is 22.0 Å². The molecule has 2 N–H and O–H groups in total. The van der Waals surface area contributed by atoms with Crippen molar-refractivity contribution in [2.24, 2.45) is 0 Å². The van der Waals surface area contributed by atoms with Crippen molar-refractivity contribution in [1.82, 2.24) is 30.3 Å². The number of nitrogens with zero attached hydrogens (tertiary/aromatic N) is 7. The van der Waals surface area contributed by atoms with Crippen molar-refractivity contribution >= 4 is 35.3 Å². The van der Waals surface area contributed by atoms with Crippen molar-refractivity contribution in [3.8, 4) is 5.69 Å². The molecule has 1 aliphatic rings. The highest BCUT2D eigenvalue weighted by molar-refractivity contribution is 7.98. The number of carboxylic acid groups (broad SMARTS) is 1. The summed E-state index contributed by atoms with van der Waals surface area (Å²) >= 11 is 1.43. The summed E-state index contributed by atoms with van der Waals surface area (Å²) in [6.07, 6.45) is 3.98. The summed E-state index contributed by atoms with van der Waals surface area (Å²) < 4.78 is 1.54. The summed E-state index contributed by atoms with van der Waals surface area (Å²) in [5.74, 6) is 0.448. The number of rotatable bonds is 5. The zero-order valence-corrected chi connectivity index (χ0v) is 17.7. The Morgan fingerprint density at radius 3 is 2.87 bits per heavy atom. The second kappa shape index (κ2) is 8.60. The maximum Gasteiger partial charge on any atom is 0.404 e. The van der Waals surface area contributed by atoms with E-state index < -0.39 is 6.09 Å². The van der Waals surface area contributed by atoms with Gasteiger partial charge in [0.25, 0.3) is 5.91 Å². The Bertz CT molecular complexity index is 1130. The molecule has 0 saturated heterocycles. The third-order valence-corrected chi connectivity index (χ3v) is 5.35. The monoisotopic (exact) mass is 440 g/mol. The van der Waals surface area contributed by atoms with Gasteiger partial charge in [0.1, 0.15) is 17.1 Å². The summed E-state index contributed by atoms with van der Waals surface area (Å²) in [5.41, 5.74) is 2.34. The quantitative estimate of drug-likeness (QED) is 0.449. The van der Waals surface area contributed by atoms with Gasteiger partial charge >= 0.3 is 6.09 Å². The van der Waals surface area contributed by atoms with Crippen molar-refractivity contribution in [3.05, 3.63) is 47.9 Å². The number of benzene rings is 1. The summed E-state index contributed by atoms with van der Waals surface area (Å²) in [7, 11) is 1.91. The van der Waals surface area contributed by atoms with Crippen molar-refractivity contribution in [2.45, 2.75) is 11.7 Å². The van der Waals surface area contributed by atoms with Gasteiger partial charge in [-0.2, -0.15) is 0 Å². The third-order valence-electron chi connectivity index (χ3n) is 4.79. The van der Waals surface area contributed by atoms with Crippen molar-refractivity contribution in [3.63, 3.8) is 0 Å². The molecular formula is C19H20N8O3S. The first-order valence-electron chi connectivity index (χ1n) is 9.38. The fraction of sp³-hybridized carbons (Fsp3) is 0.263. The van der Waals surface area contributed by atoms with Gasteiger partial charge in [0.05, 0.1) is 18.4 Å². The van der Waals surface area contributed by atoms with Crippen LogP contribution in [0.4, 0.5) is 16.3 Å². The lowest BCUT2D eigenvalue weighted by Crippen LogP contribution is -2.33. The van der Waals surface area contributed by atoms with E-state index >= 15 is 0 Å². The lowest BCUT2D eigenvalue weighted by molar-refractivity contribution is 0.0989. The molecule has 31 heavy (non-hydrogen) atoms. The van der Waals surface area contributed by atoms with Gasteiger partial charge < -0.3 is 20.2 Å². The molecule has 0 fully saturated rings. The number of carbonyl (C=O) groups is 2. The third kappa shape index (κ3) is 4.28. The van der Waals surface area contributed by atoms with Crippen LogP contribution in [0.25, 0.3) is 5.69 Å². The average molecular weight is 440 g/mol. The molecule has 0 unspecified atom stereocenters. The molecule has 3 heterocycles. The Balaban J connectivity index is 1.63. The van der Waals surface area contributed by atoms with Gasteiger partial charge in [0.15, 0.2) is 5.16 Å². The van der Waals surface area contributed by atoms with Gasteiger partial charge in [-0.25, -0.2) is 19.4 Å². The van der Waals surface area contributed by atoms with E-state index in [9.17, 15) is 9.59 Å². The van der Waals surface area contributed by atoms with Crippen LogP contribution in [0.5, 0.6) is 0 Å². The van der Waals surface area contributed by atoms with Crippen molar-refractivity contribution in [2.75, 3.05) is 36.2 Å². The van der Waals surface area contributed by atoms with Crippen LogP contribution in [-0.2, 0) is 6.54 Å². The standard InChI is InChI=1S/C19H20N8O3S/c1-25-6-7-26(17(28)15-10-20-18(31-2)22-16(15)25)13-4-3-5-14(8-13)27-11-12(23-24-27)9-21-19(29)30/h3-5,8,10-11,21H,6-7,9H2,1-2H3,(H,29,30). The van der Waals surface area contributed by atoms with Gasteiger partial charge in [-0.1, -0.05) is 23.0 Å². The van der Waals surface area contributed by atoms with Crippen LogP contribution in [0.3, 0.4) is 0 Å². The summed E-state index contributed by atoms with van der Waals surface area (Å²) in [5, 5.41) is 19.6. The maximum absolute atomic E-state index is 13.3. The van der Waals surface area contributed by atoms with E-state index in [1.165, 1.54) is 11.8 Å². The predicted molar refractivity (Wildman–Crippen MR) is 115 cm³/mol. The van der Waals surface area contributed by atoms with Crippen LogP contribution in [-0.4, -0.2) is 68.5 Å². The number of fused-ring (bicyclic) bond motifs is 1. The van der Waals surface area contributed by atoms with Gasteiger partial charge in [-0.05, 0) is 24.5 Å². The fourth-order valence-corrected chi connectivity index (χ4v) is 3.56. The first-order chi connectivity index (χ1) is 15.0.